The summed E-state index contributed by atoms with van der Waals surface area (Å²) in [6.07, 6.45) is 1.78. The van der Waals surface area contributed by atoms with E-state index in [1.54, 1.807) is 37.4 Å². The number of carbonyl (C=O) groups is 1. The molecule has 0 saturated carbocycles. The molecule has 9 heteroatoms. The van der Waals surface area contributed by atoms with E-state index in [2.05, 4.69) is 36.8 Å². The van der Waals surface area contributed by atoms with Gasteiger partial charge in [0.05, 0.1) is 11.2 Å². The lowest BCUT2D eigenvalue weighted by atomic mass is 10.1. The lowest BCUT2D eigenvalue weighted by Gasteiger charge is -2.15. The van der Waals surface area contributed by atoms with Crippen LogP contribution in [0.5, 0.6) is 0 Å². The molecule has 1 aromatic heterocycles. The topological polar surface area (TPSA) is 134 Å². The third kappa shape index (κ3) is 5.76. The van der Waals surface area contributed by atoms with Crippen molar-refractivity contribution in [1.82, 2.24) is 4.98 Å². The SMILES string of the molecule is C/C(=N/N=C(N)N)c1ccc(NC(=O)c2ccc(Nc3ccnc4ccc(N(C)C)cc34)cc2)cc1. The highest BCUT2D eigenvalue weighted by molar-refractivity contribution is 6.05. The van der Waals surface area contributed by atoms with Crippen LogP contribution in [-0.2, 0) is 0 Å². The summed E-state index contributed by atoms with van der Waals surface area (Å²) in [7, 11) is 4.01. The van der Waals surface area contributed by atoms with Gasteiger partial charge in [-0.05, 0) is 73.2 Å². The Morgan fingerprint density at radius 1 is 0.861 bits per heavy atom. The Balaban J connectivity index is 1.45. The smallest absolute Gasteiger partial charge is 0.255 e. The van der Waals surface area contributed by atoms with Crippen LogP contribution < -0.4 is 27.0 Å². The van der Waals surface area contributed by atoms with Gasteiger partial charge in [-0.15, -0.1) is 5.10 Å². The molecule has 4 aromatic rings. The number of nitrogens with zero attached hydrogens (tertiary/aromatic N) is 4. The maximum atomic E-state index is 12.7. The van der Waals surface area contributed by atoms with E-state index in [0.717, 1.165) is 33.5 Å². The summed E-state index contributed by atoms with van der Waals surface area (Å²) in [6.45, 7) is 1.80. The molecule has 0 spiro atoms. The summed E-state index contributed by atoms with van der Waals surface area (Å²) in [6, 6.07) is 22.7. The molecule has 6 N–H and O–H groups in total. The molecule has 0 atom stereocenters. The Labute approximate surface area is 209 Å². The molecule has 1 amide bonds. The van der Waals surface area contributed by atoms with Crippen molar-refractivity contribution in [3.8, 4) is 0 Å². The molecule has 36 heavy (non-hydrogen) atoms. The van der Waals surface area contributed by atoms with E-state index in [4.69, 9.17) is 11.5 Å². The van der Waals surface area contributed by atoms with Gasteiger partial charge in [-0.3, -0.25) is 9.78 Å². The van der Waals surface area contributed by atoms with Crippen LogP contribution >= 0.6 is 0 Å². The molecule has 0 bridgehead atoms. The minimum absolute atomic E-state index is 0.105. The van der Waals surface area contributed by atoms with Crippen LogP contribution in [0.3, 0.4) is 0 Å². The summed E-state index contributed by atoms with van der Waals surface area (Å²) in [5.41, 5.74) is 17.1. The highest BCUT2D eigenvalue weighted by atomic mass is 16.1. The third-order valence-electron chi connectivity index (χ3n) is 5.54. The lowest BCUT2D eigenvalue weighted by Crippen LogP contribution is -2.22. The monoisotopic (exact) mass is 480 g/mol. The predicted octanol–water partition coefficient (Wildman–Crippen LogP) is 4.29. The van der Waals surface area contributed by atoms with Crippen molar-refractivity contribution in [3.05, 3.63) is 90.1 Å². The summed E-state index contributed by atoms with van der Waals surface area (Å²) >= 11 is 0. The fraction of sp³-hybridized carbons (Fsp3) is 0.111. The van der Waals surface area contributed by atoms with Gasteiger partial charge in [-0.1, -0.05) is 12.1 Å². The fourth-order valence-corrected chi connectivity index (χ4v) is 3.57. The Hall–Kier alpha value is -4.92. The lowest BCUT2D eigenvalue weighted by molar-refractivity contribution is 0.102. The number of aromatic nitrogens is 1. The van der Waals surface area contributed by atoms with Crippen molar-refractivity contribution in [3.63, 3.8) is 0 Å². The van der Waals surface area contributed by atoms with E-state index >= 15 is 0 Å². The van der Waals surface area contributed by atoms with Gasteiger partial charge < -0.3 is 27.0 Å². The summed E-state index contributed by atoms with van der Waals surface area (Å²) in [5, 5.41) is 15.0. The van der Waals surface area contributed by atoms with Crippen LogP contribution in [0.15, 0.2) is 89.2 Å². The molecule has 3 aromatic carbocycles. The Morgan fingerprint density at radius 3 is 2.19 bits per heavy atom. The first kappa shape index (κ1) is 24.2. The Morgan fingerprint density at radius 2 is 1.53 bits per heavy atom. The van der Waals surface area contributed by atoms with Gasteiger partial charge in [0.25, 0.3) is 5.91 Å². The number of carbonyl (C=O) groups excluding carboxylic acids is 1. The van der Waals surface area contributed by atoms with Gasteiger partial charge in [0.2, 0.25) is 5.96 Å². The van der Waals surface area contributed by atoms with E-state index < -0.39 is 0 Å². The van der Waals surface area contributed by atoms with Crippen molar-refractivity contribution in [1.29, 1.82) is 0 Å². The van der Waals surface area contributed by atoms with Crippen molar-refractivity contribution >= 4 is 51.2 Å². The number of pyridine rings is 1. The number of anilines is 4. The van der Waals surface area contributed by atoms with Crippen molar-refractivity contribution in [2.75, 3.05) is 29.6 Å². The molecule has 0 aliphatic carbocycles. The van der Waals surface area contributed by atoms with Crippen LogP contribution in [0.2, 0.25) is 0 Å². The number of guanidine groups is 1. The molecule has 0 radical (unpaired) electrons. The van der Waals surface area contributed by atoms with Crippen LogP contribution in [-0.4, -0.2) is 36.7 Å². The van der Waals surface area contributed by atoms with Gasteiger partial charge in [0.1, 0.15) is 0 Å². The molecule has 4 rings (SSSR count). The number of hydrogen-bond donors (Lipinski definition) is 4. The number of amides is 1. The van der Waals surface area contributed by atoms with E-state index in [1.165, 1.54) is 0 Å². The van der Waals surface area contributed by atoms with Crippen molar-refractivity contribution in [2.45, 2.75) is 6.92 Å². The maximum absolute atomic E-state index is 12.7. The number of benzene rings is 3. The minimum Gasteiger partial charge on any atom is -0.378 e. The van der Waals surface area contributed by atoms with E-state index in [-0.39, 0.29) is 11.9 Å². The first-order chi connectivity index (χ1) is 17.3. The van der Waals surface area contributed by atoms with Gasteiger partial charge in [0.15, 0.2) is 0 Å². The number of fused-ring (bicyclic) bond motifs is 1. The maximum Gasteiger partial charge on any atom is 0.255 e. The summed E-state index contributed by atoms with van der Waals surface area (Å²) in [5.74, 6) is -0.308. The van der Waals surface area contributed by atoms with Gasteiger partial charge in [0, 0.05) is 54.0 Å². The molecular formula is C27H28N8O. The summed E-state index contributed by atoms with van der Waals surface area (Å²) in [4.78, 5) is 19.3. The Bertz CT molecular complexity index is 1440. The van der Waals surface area contributed by atoms with Gasteiger partial charge in [-0.25, -0.2) is 0 Å². The normalized spacial score (nSPS) is 11.1. The Kier molecular flexibility index (Phi) is 7.10. The van der Waals surface area contributed by atoms with Crippen molar-refractivity contribution < 1.29 is 4.79 Å². The third-order valence-corrected chi connectivity index (χ3v) is 5.54. The number of hydrogen-bond acceptors (Lipinski definition) is 6. The first-order valence-corrected chi connectivity index (χ1v) is 11.3. The fourth-order valence-electron chi connectivity index (χ4n) is 3.57. The number of nitrogens with two attached hydrogens (primary N) is 2. The zero-order valence-corrected chi connectivity index (χ0v) is 20.4. The highest BCUT2D eigenvalue weighted by Crippen LogP contribution is 2.28. The molecule has 0 fully saturated rings. The molecule has 9 nitrogen and oxygen atoms in total. The zero-order valence-electron chi connectivity index (χ0n) is 20.4. The predicted molar refractivity (Wildman–Crippen MR) is 148 cm³/mol. The van der Waals surface area contributed by atoms with Crippen molar-refractivity contribution in [2.24, 2.45) is 21.7 Å². The minimum atomic E-state index is -0.204. The largest absolute Gasteiger partial charge is 0.378 e. The van der Waals surface area contributed by atoms with Crippen LogP contribution in [0.25, 0.3) is 10.9 Å². The summed E-state index contributed by atoms with van der Waals surface area (Å²) < 4.78 is 0. The van der Waals surface area contributed by atoms with Crippen LogP contribution in [0.4, 0.5) is 22.7 Å². The highest BCUT2D eigenvalue weighted by Gasteiger charge is 2.09. The molecule has 1 heterocycles. The second-order valence-electron chi connectivity index (χ2n) is 8.40. The number of nitrogens with one attached hydrogen (secondary N) is 2. The second kappa shape index (κ2) is 10.6. The average molecular weight is 481 g/mol. The van der Waals surface area contributed by atoms with Gasteiger partial charge in [-0.2, -0.15) is 5.10 Å². The molecule has 0 aliphatic heterocycles. The second-order valence-corrected chi connectivity index (χ2v) is 8.40. The first-order valence-electron chi connectivity index (χ1n) is 11.3. The van der Waals surface area contributed by atoms with Crippen LogP contribution in [0.1, 0.15) is 22.8 Å². The van der Waals surface area contributed by atoms with E-state index in [0.29, 0.717) is 17.0 Å². The van der Waals surface area contributed by atoms with E-state index in [9.17, 15) is 4.79 Å². The van der Waals surface area contributed by atoms with E-state index in [1.807, 2.05) is 56.6 Å². The average Bonchev–Trinajstić information content (AvgIpc) is 2.88. The molecule has 0 unspecified atom stereocenters. The number of rotatable bonds is 7. The standard InChI is InChI=1S/C27H28N8O/c1-17(33-34-27(28)29)18-4-8-21(9-5-18)32-26(36)19-6-10-20(11-7-19)31-25-14-15-30-24-13-12-22(35(2)3)16-23(24)25/h4-16H,1-3H3,(H,30,31)(H,32,36)(H4,28,29,34)/b33-17-. The quantitative estimate of drug-likeness (QED) is 0.177. The zero-order chi connectivity index (χ0) is 25.7. The molecule has 182 valence electrons. The molecule has 0 aliphatic rings. The van der Waals surface area contributed by atoms with Crippen LogP contribution in [0, 0.1) is 0 Å². The molecular weight excluding hydrogens is 452 g/mol. The van der Waals surface area contributed by atoms with Gasteiger partial charge >= 0.3 is 0 Å². The molecule has 0 saturated heterocycles.